The zero-order valence-corrected chi connectivity index (χ0v) is 19.6. The zero-order chi connectivity index (χ0) is 23.3. The van der Waals surface area contributed by atoms with Gasteiger partial charge in [-0.05, 0) is 63.6 Å². The molecule has 6 nitrogen and oxygen atoms in total. The summed E-state index contributed by atoms with van der Waals surface area (Å²) in [4.78, 5) is 13.1. The lowest BCUT2D eigenvalue weighted by atomic mass is 10.1. The summed E-state index contributed by atoms with van der Waals surface area (Å²) in [5.74, 6) is 0.179. The van der Waals surface area contributed by atoms with Gasteiger partial charge in [-0.25, -0.2) is 8.42 Å². The average molecular weight is 453 g/mol. The van der Waals surface area contributed by atoms with Crippen LogP contribution in [-0.2, 0) is 14.8 Å². The molecule has 7 heteroatoms. The van der Waals surface area contributed by atoms with Gasteiger partial charge in [0.2, 0.25) is 5.91 Å². The van der Waals surface area contributed by atoms with Gasteiger partial charge in [-0.1, -0.05) is 41.5 Å². The van der Waals surface area contributed by atoms with Crippen LogP contribution in [0.5, 0.6) is 5.75 Å². The Kier molecular flexibility index (Phi) is 7.20. The Morgan fingerprint density at radius 1 is 0.938 bits per heavy atom. The zero-order valence-electron chi connectivity index (χ0n) is 18.8. The number of hydrogen-bond donors (Lipinski definition) is 1. The molecule has 168 valence electrons. The van der Waals surface area contributed by atoms with Crippen molar-refractivity contribution in [2.45, 2.75) is 32.6 Å². The lowest BCUT2D eigenvalue weighted by Gasteiger charge is -2.26. The smallest absolute Gasteiger partial charge is 0.264 e. The number of benzene rings is 3. The van der Waals surface area contributed by atoms with Crippen LogP contribution in [0.3, 0.4) is 0 Å². The van der Waals surface area contributed by atoms with Crippen molar-refractivity contribution in [1.82, 2.24) is 0 Å². The molecule has 3 aromatic rings. The van der Waals surface area contributed by atoms with Crippen molar-refractivity contribution in [3.63, 3.8) is 0 Å². The number of nitrogens with one attached hydrogen (secondary N) is 1. The number of anilines is 2. The molecule has 1 amide bonds. The third-order valence-corrected chi connectivity index (χ3v) is 6.72. The molecule has 0 aliphatic carbocycles. The fourth-order valence-electron chi connectivity index (χ4n) is 3.38. The minimum Gasteiger partial charge on any atom is -0.494 e. The van der Waals surface area contributed by atoms with Crippen molar-refractivity contribution in [2.24, 2.45) is 0 Å². The molecule has 3 rings (SSSR count). The van der Waals surface area contributed by atoms with Crippen LogP contribution < -0.4 is 14.4 Å². The van der Waals surface area contributed by atoms with Gasteiger partial charge in [-0.2, -0.15) is 0 Å². The molecule has 0 bridgehead atoms. The number of ether oxygens (including phenoxy) is 1. The highest BCUT2D eigenvalue weighted by molar-refractivity contribution is 7.92. The number of nitrogens with zero attached hydrogens (tertiary/aromatic N) is 1. The van der Waals surface area contributed by atoms with Gasteiger partial charge < -0.3 is 10.1 Å². The van der Waals surface area contributed by atoms with E-state index >= 15 is 0 Å². The third kappa shape index (κ3) is 5.48. The molecular weight excluding hydrogens is 424 g/mol. The van der Waals surface area contributed by atoms with E-state index in [4.69, 9.17) is 4.74 Å². The summed E-state index contributed by atoms with van der Waals surface area (Å²) < 4.78 is 33.7. The first-order valence-corrected chi connectivity index (χ1v) is 11.8. The average Bonchev–Trinajstić information content (AvgIpc) is 2.73. The second kappa shape index (κ2) is 9.87. The highest BCUT2D eigenvalue weighted by atomic mass is 32.2. The van der Waals surface area contributed by atoms with Crippen LogP contribution in [0.2, 0.25) is 0 Å². The van der Waals surface area contributed by atoms with Crippen molar-refractivity contribution in [3.05, 3.63) is 83.4 Å². The Bertz CT molecular complexity index is 1200. The predicted octanol–water partition coefficient (Wildman–Crippen LogP) is 4.84. The van der Waals surface area contributed by atoms with E-state index in [-0.39, 0.29) is 11.4 Å². The number of amides is 1. The molecule has 0 heterocycles. The van der Waals surface area contributed by atoms with Crippen LogP contribution in [0.25, 0.3) is 0 Å². The predicted molar refractivity (Wildman–Crippen MR) is 128 cm³/mol. The molecule has 32 heavy (non-hydrogen) atoms. The van der Waals surface area contributed by atoms with Crippen LogP contribution in [0, 0.1) is 20.8 Å². The van der Waals surface area contributed by atoms with Gasteiger partial charge in [-0.15, -0.1) is 0 Å². The van der Waals surface area contributed by atoms with Gasteiger partial charge in [0.25, 0.3) is 10.0 Å². The van der Waals surface area contributed by atoms with E-state index < -0.39 is 15.9 Å². The fourth-order valence-corrected chi connectivity index (χ4v) is 4.87. The monoisotopic (exact) mass is 452 g/mol. The van der Waals surface area contributed by atoms with Gasteiger partial charge in [0, 0.05) is 11.8 Å². The number of rotatable bonds is 8. The van der Waals surface area contributed by atoms with E-state index in [9.17, 15) is 13.2 Å². The summed E-state index contributed by atoms with van der Waals surface area (Å²) in [6.07, 6.45) is 0. The summed E-state index contributed by atoms with van der Waals surface area (Å²) >= 11 is 0. The van der Waals surface area contributed by atoms with Crippen molar-refractivity contribution >= 4 is 27.3 Å². The summed E-state index contributed by atoms with van der Waals surface area (Å²) in [6, 6.07) is 19.1. The van der Waals surface area contributed by atoms with Gasteiger partial charge in [0.15, 0.2) is 0 Å². The maximum atomic E-state index is 13.5. The van der Waals surface area contributed by atoms with Crippen LogP contribution in [-0.4, -0.2) is 27.5 Å². The van der Waals surface area contributed by atoms with E-state index in [2.05, 4.69) is 5.32 Å². The topological polar surface area (TPSA) is 75.7 Å². The first-order valence-electron chi connectivity index (χ1n) is 10.4. The Labute approximate surface area is 189 Å². The molecule has 0 aliphatic heterocycles. The third-order valence-electron chi connectivity index (χ3n) is 4.95. The number of aryl methyl sites for hydroxylation is 3. The quantitative estimate of drug-likeness (QED) is 0.530. The highest BCUT2D eigenvalue weighted by Crippen LogP contribution is 2.28. The van der Waals surface area contributed by atoms with Gasteiger partial charge >= 0.3 is 0 Å². The molecule has 0 saturated heterocycles. The minimum atomic E-state index is -3.96. The molecule has 1 N–H and O–H groups in total. The van der Waals surface area contributed by atoms with Gasteiger partial charge in [0.1, 0.15) is 12.3 Å². The normalized spacial score (nSPS) is 11.1. The Morgan fingerprint density at radius 2 is 1.62 bits per heavy atom. The molecule has 3 aromatic carbocycles. The molecule has 0 fully saturated rings. The number of sulfonamides is 1. The van der Waals surface area contributed by atoms with E-state index in [1.807, 2.05) is 39.8 Å². The van der Waals surface area contributed by atoms with Gasteiger partial charge in [-0.3, -0.25) is 9.10 Å². The Hall–Kier alpha value is -3.32. The standard InChI is InChI=1S/C25H28N2O4S/c1-5-31-22-8-6-7-21(16-22)26-25(28)17-27(24-14-11-19(3)15-20(24)4)32(29,30)23-12-9-18(2)10-13-23/h6-16H,5,17H2,1-4H3,(H,26,28). The van der Waals surface area contributed by atoms with Gasteiger partial charge in [0.05, 0.1) is 17.2 Å². The lowest BCUT2D eigenvalue weighted by Crippen LogP contribution is -2.38. The van der Waals surface area contributed by atoms with Crippen LogP contribution in [0.15, 0.2) is 71.6 Å². The van der Waals surface area contributed by atoms with Crippen LogP contribution in [0.1, 0.15) is 23.6 Å². The van der Waals surface area contributed by atoms with E-state index in [1.165, 1.54) is 0 Å². The molecule has 0 spiro atoms. The fraction of sp³-hybridized carbons (Fsp3) is 0.240. The van der Waals surface area contributed by atoms with E-state index in [1.54, 1.807) is 54.6 Å². The summed E-state index contributed by atoms with van der Waals surface area (Å²) in [5.41, 5.74) is 3.74. The lowest BCUT2D eigenvalue weighted by molar-refractivity contribution is -0.114. The SMILES string of the molecule is CCOc1cccc(NC(=O)CN(c2ccc(C)cc2C)S(=O)(=O)c2ccc(C)cc2)c1. The molecule has 0 saturated carbocycles. The molecule has 0 atom stereocenters. The van der Waals surface area contributed by atoms with Crippen LogP contribution >= 0.6 is 0 Å². The number of carbonyl (C=O) groups is 1. The summed E-state index contributed by atoms with van der Waals surface area (Å²) in [6.45, 7) is 7.69. The maximum absolute atomic E-state index is 13.5. The van der Waals surface area contributed by atoms with Crippen molar-refractivity contribution in [1.29, 1.82) is 0 Å². The van der Waals surface area contributed by atoms with E-state index in [0.717, 1.165) is 21.0 Å². The van der Waals surface area contributed by atoms with Crippen molar-refractivity contribution in [2.75, 3.05) is 22.8 Å². The van der Waals surface area contributed by atoms with Crippen molar-refractivity contribution in [3.8, 4) is 5.75 Å². The maximum Gasteiger partial charge on any atom is 0.264 e. The van der Waals surface area contributed by atoms with Crippen LogP contribution in [0.4, 0.5) is 11.4 Å². The summed E-state index contributed by atoms with van der Waals surface area (Å²) in [5, 5.41) is 2.78. The van der Waals surface area contributed by atoms with E-state index in [0.29, 0.717) is 23.7 Å². The van der Waals surface area contributed by atoms with Crippen molar-refractivity contribution < 1.29 is 17.9 Å². The molecule has 0 aliphatic rings. The molecule has 0 unspecified atom stereocenters. The molecule has 0 radical (unpaired) electrons. The summed E-state index contributed by atoms with van der Waals surface area (Å²) in [7, 11) is -3.96. The number of carbonyl (C=O) groups excluding carboxylic acids is 1. The number of hydrogen-bond acceptors (Lipinski definition) is 4. The first-order chi connectivity index (χ1) is 15.2. The molecule has 0 aromatic heterocycles. The second-order valence-corrected chi connectivity index (χ2v) is 9.49. The Balaban J connectivity index is 1.95. The molecular formula is C25H28N2O4S. The Morgan fingerprint density at radius 3 is 2.28 bits per heavy atom. The minimum absolute atomic E-state index is 0.134. The first kappa shape index (κ1) is 23.3. The second-order valence-electron chi connectivity index (χ2n) is 7.62. The largest absolute Gasteiger partial charge is 0.494 e. The highest BCUT2D eigenvalue weighted by Gasteiger charge is 2.28.